The number of sulfonamides is 1. The fourth-order valence-electron chi connectivity index (χ4n) is 2.34. The summed E-state index contributed by atoms with van der Waals surface area (Å²) in [5.41, 5.74) is 0. The van der Waals surface area contributed by atoms with Crippen LogP contribution in [0.2, 0.25) is 0 Å². The Kier molecular flexibility index (Phi) is 14.8. The average Bonchev–Trinajstić information content (AvgIpc) is 2.48. The molecule has 0 aromatic carbocycles. The van der Waals surface area contributed by atoms with Crippen LogP contribution in [-0.2, 0) is 14.8 Å². The van der Waals surface area contributed by atoms with Crippen molar-refractivity contribution in [1.82, 2.24) is 15.4 Å². The van der Waals surface area contributed by atoms with E-state index in [4.69, 9.17) is 4.74 Å². The molecule has 0 spiro atoms. The highest BCUT2D eigenvalue weighted by Crippen LogP contribution is 2.25. The smallest absolute Gasteiger partial charge is 0.213 e. The van der Waals surface area contributed by atoms with Gasteiger partial charge in [0, 0.05) is 39.4 Å². The Morgan fingerprint density at radius 2 is 2.00 bits per heavy atom. The van der Waals surface area contributed by atoms with Crippen molar-refractivity contribution >= 4 is 40.0 Å². The fourth-order valence-corrected chi connectivity index (χ4v) is 3.34. The molecule has 156 valence electrons. The van der Waals surface area contributed by atoms with E-state index in [0.717, 1.165) is 32.4 Å². The number of aliphatic imine (C=N–C) groups is 1. The summed E-state index contributed by atoms with van der Waals surface area (Å²) < 4.78 is 32.2. The van der Waals surface area contributed by atoms with E-state index in [9.17, 15) is 8.42 Å². The van der Waals surface area contributed by atoms with Gasteiger partial charge in [-0.05, 0) is 38.0 Å². The van der Waals surface area contributed by atoms with Crippen LogP contribution in [0.4, 0.5) is 0 Å². The molecule has 1 rings (SSSR count). The van der Waals surface area contributed by atoms with Gasteiger partial charge in [-0.1, -0.05) is 20.3 Å². The molecule has 0 amide bonds. The van der Waals surface area contributed by atoms with Crippen LogP contribution in [0.15, 0.2) is 4.99 Å². The quantitative estimate of drug-likeness (QED) is 0.154. The molecule has 0 aromatic rings. The van der Waals surface area contributed by atoms with Gasteiger partial charge < -0.3 is 15.4 Å². The third-order valence-corrected chi connectivity index (χ3v) is 5.34. The number of hydrogen-bond donors (Lipinski definition) is 3. The van der Waals surface area contributed by atoms with Crippen LogP contribution < -0.4 is 15.4 Å². The lowest BCUT2D eigenvalue weighted by Crippen LogP contribution is -2.42. The van der Waals surface area contributed by atoms with Crippen LogP contribution in [-0.4, -0.2) is 59.5 Å². The van der Waals surface area contributed by atoms with Crippen molar-refractivity contribution in [1.29, 1.82) is 0 Å². The molecule has 0 heterocycles. The molecule has 0 aromatic heterocycles. The number of hydrogen-bond acceptors (Lipinski definition) is 4. The zero-order valence-electron chi connectivity index (χ0n) is 16.4. The topological polar surface area (TPSA) is 91.8 Å². The Labute approximate surface area is 176 Å². The summed E-state index contributed by atoms with van der Waals surface area (Å²) >= 11 is 0. The molecule has 26 heavy (non-hydrogen) atoms. The zero-order chi connectivity index (χ0) is 18.5. The number of halogens is 1. The first-order chi connectivity index (χ1) is 11.9. The number of guanidine groups is 1. The molecule has 1 aliphatic carbocycles. The van der Waals surface area contributed by atoms with Crippen LogP contribution in [0, 0.1) is 11.8 Å². The second kappa shape index (κ2) is 14.9. The summed E-state index contributed by atoms with van der Waals surface area (Å²) in [7, 11) is -3.22. The molecule has 1 aliphatic rings. The van der Waals surface area contributed by atoms with Crippen molar-refractivity contribution in [2.75, 3.05) is 45.1 Å². The summed E-state index contributed by atoms with van der Waals surface area (Å²) in [5.74, 6) is 1.78. The van der Waals surface area contributed by atoms with Crippen molar-refractivity contribution in [3.63, 3.8) is 0 Å². The van der Waals surface area contributed by atoms with Gasteiger partial charge >= 0.3 is 0 Å². The zero-order valence-corrected chi connectivity index (χ0v) is 19.6. The highest BCUT2D eigenvalue weighted by Gasteiger charge is 2.19. The number of nitrogens with one attached hydrogen (secondary N) is 3. The van der Waals surface area contributed by atoms with Gasteiger partial charge in [-0.25, -0.2) is 13.1 Å². The SMILES string of the molecule is CCNC(=NCCCOCC(C)C)NCCS(=O)(=O)NCC1CCC1.I. The molecule has 0 unspecified atom stereocenters. The molecule has 1 saturated carbocycles. The number of rotatable bonds is 13. The largest absolute Gasteiger partial charge is 0.381 e. The minimum absolute atomic E-state index is 0. The molecular weight excluding hydrogens is 467 g/mol. The Morgan fingerprint density at radius 1 is 1.27 bits per heavy atom. The minimum atomic E-state index is -3.22. The molecule has 0 saturated heterocycles. The lowest BCUT2D eigenvalue weighted by molar-refractivity contribution is 0.109. The summed E-state index contributed by atoms with van der Waals surface area (Å²) in [5, 5.41) is 6.21. The molecule has 0 radical (unpaired) electrons. The van der Waals surface area contributed by atoms with Gasteiger partial charge in [-0.3, -0.25) is 4.99 Å². The highest BCUT2D eigenvalue weighted by atomic mass is 127. The fraction of sp³-hybridized carbons (Fsp3) is 0.941. The van der Waals surface area contributed by atoms with Gasteiger partial charge in [0.2, 0.25) is 10.0 Å². The molecule has 9 heteroatoms. The molecular formula is C17H37IN4O3S. The molecule has 7 nitrogen and oxygen atoms in total. The average molecular weight is 504 g/mol. The van der Waals surface area contributed by atoms with Crippen LogP contribution >= 0.6 is 24.0 Å². The monoisotopic (exact) mass is 504 g/mol. The summed E-state index contributed by atoms with van der Waals surface area (Å²) in [6.45, 7) is 10.0. The van der Waals surface area contributed by atoms with Crippen molar-refractivity contribution in [2.45, 2.75) is 46.5 Å². The van der Waals surface area contributed by atoms with E-state index in [-0.39, 0.29) is 29.7 Å². The van der Waals surface area contributed by atoms with Gasteiger partial charge in [0.25, 0.3) is 0 Å². The first-order valence-corrected chi connectivity index (χ1v) is 11.2. The van der Waals surface area contributed by atoms with Crippen molar-refractivity contribution in [2.24, 2.45) is 16.8 Å². The third-order valence-electron chi connectivity index (χ3n) is 3.99. The van der Waals surface area contributed by atoms with Crippen LogP contribution in [0.5, 0.6) is 0 Å². The van der Waals surface area contributed by atoms with Gasteiger partial charge in [0.1, 0.15) is 0 Å². The lowest BCUT2D eigenvalue weighted by atomic mass is 9.86. The van der Waals surface area contributed by atoms with Gasteiger partial charge in [0.15, 0.2) is 5.96 Å². The Balaban J connectivity index is 0.00000625. The van der Waals surface area contributed by atoms with Crippen LogP contribution in [0.1, 0.15) is 46.5 Å². The van der Waals surface area contributed by atoms with E-state index in [1.165, 1.54) is 6.42 Å². The summed E-state index contributed by atoms with van der Waals surface area (Å²) in [6.07, 6.45) is 4.35. The van der Waals surface area contributed by atoms with E-state index in [1.807, 2.05) is 6.92 Å². The first-order valence-electron chi connectivity index (χ1n) is 9.50. The van der Waals surface area contributed by atoms with E-state index in [0.29, 0.717) is 44.0 Å². The first kappa shape index (κ1) is 25.9. The minimum Gasteiger partial charge on any atom is -0.381 e. The van der Waals surface area contributed by atoms with E-state index in [2.05, 4.69) is 34.2 Å². The second-order valence-electron chi connectivity index (χ2n) is 6.97. The lowest BCUT2D eigenvalue weighted by Gasteiger charge is -2.25. The Hall–Kier alpha value is -0.130. The summed E-state index contributed by atoms with van der Waals surface area (Å²) in [4.78, 5) is 4.45. The van der Waals surface area contributed by atoms with E-state index in [1.54, 1.807) is 0 Å². The molecule has 3 N–H and O–H groups in total. The maximum atomic E-state index is 12.0. The number of nitrogens with zero attached hydrogens (tertiary/aromatic N) is 1. The third kappa shape index (κ3) is 13.1. The standard InChI is InChI=1S/C17H36N4O3S.HI/c1-4-18-17(19-9-6-11-24-14-15(2)3)20-10-12-25(22,23)21-13-16-7-5-8-16;/h15-16,21H,4-14H2,1-3H3,(H2,18,19,20);1H. The van der Waals surface area contributed by atoms with Crippen LogP contribution in [0.25, 0.3) is 0 Å². The van der Waals surface area contributed by atoms with Gasteiger partial charge in [-0.15, -0.1) is 24.0 Å². The maximum absolute atomic E-state index is 12.0. The van der Waals surface area contributed by atoms with Crippen molar-refractivity contribution in [3.05, 3.63) is 0 Å². The predicted molar refractivity (Wildman–Crippen MR) is 119 cm³/mol. The highest BCUT2D eigenvalue weighted by molar-refractivity contribution is 14.0. The molecule has 0 bridgehead atoms. The normalized spacial score (nSPS) is 15.5. The van der Waals surface area contributed by atoms with Crippen LogP contribution in [0.3, 0.4) is 0 Å². The second-order valence-corrected chi connectivity index (χ2v) is 8.90. The predicted octanol–water partition coefficient (Wildman–Crippen LogP) is 1.94. The van der Waals surface area contributed by atoms with Crippen molar-refractivity contribution < 1.29 is 13.2 Å². The van der Waals surface area contributed by atoms with Gasteiger partial charge in [0.05, 0.1) is 5.75 Å². The van der Waals surface area contributed by atoms with Crippen molar-refractivity contribution in [3.8, 4) is 0 Å². The summed E-state index contributed by atoms with van der Waals surface area (Å²) in [6, 6.07) is 0. The molecule has 0 aliphatic heterocycles. The van der Waals surface area contributed by atoms with Gasteiger partial charge in [-0.2, -0.15) is 0 Å². The number of ether oxygens (including phenoxy) is 1. The van der Waals surface area contributed by atoms with E-state index >= 15 is 0 Å². The maximum Gasteiger partial charge on any atom is 0.213 e. The Morgan fingerprint density at radius 3 is 2.58 bits per heavy atom. The van der Waals surface area contributed by atoms with E-state index < -0.39 is 10.0 Å². The molecule has 0 atom stereocenters. The molecule has 1 fully saturated rings. The Bertz CT molecular complexity index is 482.